The van der Waals surface area contributed by atoms with E-state index in [9.17, 15) is 13.2 Å². The molecule has 1 rings (SSSR count). The Balaban J connectivity index is 2.62. The van der Waals surface area contributed by atoms with Crippen LogP contribution in [0.25, 0.3) is 0 Å². The number of hydrogen-bond acceptors (Lipinski definition) is 4. The van der Waals surface area contributed by atoms with Crippen molar-refractivity contribution in [1.82, 2.24) is 9.88 Å². The highest BCUT2D eigenvalue weighted by Crippen LogP contribution is 2.18. The molecule has 0 amide bonds. The van der Waals surface area contributed by atoms with Crippen LogP contribution in [-0.2, 0) is 6.54 Å². The quantitative estimate of drug-likeness (QED) is 0.799. The van der Waals surface area contributed by atoms with Crippen molar-refractivity contribution < 1.29 is 18.3 Å². The lowest BCUT2D eigenvalue weighted by atomic mass is 10.2. The first kappa shape index (κ1) is 15.7. The van der Waals surface area contributed by atoms with Crippen LogP contribution in [0, 0.1) is 0 Å². The van der Waals surface area contributed by atoms with E-state index >= 15 is 0 Å². The molecule has 2 N–H and O–H groups in total. The molecular weight excluding hydrogens is 259 g/mol. The van der Waals surface area contributed by atoms with Crippen LogP contribution in [0.15, 0.2) is 18.3 Å². The van der Waals surface area contributed by atoms with Crippen LogP contribution >= 0.6 is 0 Å². The minimum atomic E-state index is -4.27. The Morgan fingerprint density at radius 2 is 2.11 bits per heavy atom. The Labute approximate surface area is 110 Å². The molecule has 7 heteroatoms. The molecule has 0 fully saturated rings. The second kappa shape index (κ2) is 7.30. The zero-order valence-electron chi connectivity index (χ0n) is 10.7. The predicted molar refractivity (Wildman–Crippen MR) is 66.8 cm³/mol. The summed E-state index contributed by atoms with van der Waals surface area (Å²) >= 11 is 0. The number of hydrogen-bond donors (Lipinski definition) is 2. The number of aromatic nitrogens is 1. The van der Waals surface area contributed by atoms with E-state index in [0.29, 0.717) is 11.4 Å². The first-order chi connectivity index (χ1) is 8.94. The topological polar surface area (TPSA) is 48.4 Å². The molecule has 1 aromatic rings. The van der Waals surface area contributed by atoms with Crippen molar-refractivity contribution in [2.75, 3.05) is 31.6 Å². The number of rotatable bonds is 7. The number of halogens is 3. The SMILES string of the molecule is CCNc1ccc(CN(CCO)CC(F)(F)F)cn1. The fourth-order valence-electron chi connectivity index (χ4n) is 1.67. The molecule has 1 heterocycles. The summed E-state index contributed by atoms with van der Waals surface area (Å²) in [5, 5.41) is 11.8. The lowest BCUT2D eigenvalue weighted by Gasteiger charge is -2.22. The smallest absolute Gasteiger partial charge is 0.395 e. The van der Waals surface area contributed by atoms with Crippen molar-refractivity contribution >= 4 is 5.82 Å². The molecule has 0 unspecified atom stereocenters. The van der Waals surface area contributed by atoms with Crippen LogP contribution in [0.1, 0.15) is 12.5 Å². The normalized spacial score (nSPS) is 11.9. The van der Waals surface area contributed by atoms with Gasteiger partial charge in [0.25, 0.3) is 0 Å². The van der Waals surface area contributed by atoms with Crippen LogP contribution < -0.4 is 5.32 Å². The summed E-state index contributed by atoms with van der Waals surface area (Å²) in [5.41, 5.74) is 0.680. The maximum Gasteiger partial charge on any atom is 0.401 e. The third-order valence-electron chi connectivity index (χ3n) is 2.41. The van der Waals surface area contributed by atoms with Crippen LogP contribution in [-0.4, -0.2) is 47.4 Å². The standard InChI is InChI=1S/C12H18F3N3O/c1-2-16-11-4-3-10(7-17-11)8-18(5-6-19)9-12(13,14)15/h3-4,7,19H,2,5-6,8-9H2,1H3,(H,16,17). The lowest BCUT2D eigenvalue weighted by molar-refractivity contribution is -0.147. The summed E-state index contributed by atoms with van der Waals surface area (Å²) in [6.07, 6.45) is -2.73. The molecule has 0 radical (unpaired) electrons. The van der Waals surface area contributed by atoms with Crippen molar-refractivity contribution in [2.24, 2.45) is 0 Å². The fourth-order valence-corrected chi connectivity index (χ4v) is 1.67. The Bertz CT molecular complexity index is 367. The summed E-state index contributed by atoms with van der Waals surface area (Å²) in [7, 11) is 0. The highest BCUT2D eigenvalue weighted by atomic mass is 19.4. The molecule has 0 aliphatic rings. The molecule has 0 aliphatic carbocycles. The van der Waals surface area contributed by atoms with Gasteiger partial charge >= 0.3 is 6.18 Å². The second-order valence-electron chi connectivity index (χ2n) is 4.13. The molecule has 108 valence electrons. The number of pyridine rings is 1. The third-order valence-corrected chi connectivity index (χ3v) is 2.41. The molecule has 0 spiro atoms. The van der Waals surface area contributed by atoms with Gasteiger partial charge in [0.1, 0.15) is 5.82 Å². The maximum atomic E-state index is 12.3. The number of nitrogens with zero attached hydrogens (tertiary/aromatic N) is 2. The largest absolute Gasteiger partial charge is 0.401 e. The van der Waals surface area contributed by atoms with Crippen LogP contribution in [0.4, 0.5) is 19.0 Å². The molecule has 0 saturated carbocycles. The van der Waals surface area contributed by atoms with E-state index in [0.717, 1.165) is 11.4 Å². The van der Waals surface area contributed by atoms with Gasteiger partial charge in [0.05, 0.1) is 13.2 Å². The molecule has 0 aliphatic heterocycles. The zero-order valence-corrected chi connectivity index (χ0v) is 10.7. The molecule has 0 bridgehead atoms. The van der Waals surface area contributed by atoms with Gasteiger partial charge < -0.3 is 10.4 Å². The zero-order chi connectivity index (χ0) is 14.3. The van der Waals surface area contributed by atoms with E-state index in [-0.39, 0.29) is 19.7 Å². The van der Waals surface area contributed by atoms with E-state index in [2.05, 4.69) is 10.3 Å². The summed E-state index contributed by atoms with van der Waals surface area (Å²) in [5.74, 6) is 0.691. The average molecular weight is 277 g/mol. The highest BCUT2D eigenvalue weighted by Gasteiger charge is 2.30. The van der Waals surface area contributed by atoms with Gasteiger partial charge in [-0.3, -0.25) is 4.90 Å². The van der Waals surface area contributed by atoms with Gasteiger partial charge in [0.15, 0.2) is 0 Å². The number of nitrogens with one attached hydrogen (secondary N) is 1. The molecule has 0 atom stereocenters. The fraction of sp³-hybridized carbons (Fsp3) is 0.583. The van der Waals surface area contributed by atoms with E-state index in [1.54, 1.807) is 18.3 Å². The Kier molecular flexibility index (Phi) is 6.04. The molecule has 0 aromatic carbocycles. The van der Waals surface area contributed by atoms with Crippen LogP contribution in [0.5, 0.6) is 0 Å². The van der Waals surface area contributed by atoms with Crippen LogP contribution in [0.2, 0.25) is 0 Å². The lowest BCUT2D eigenvalue weighted by Crippen LogP contribution is -2.35. The van der Waals surface area contributed by atoms with Crippen molar-refractivity contribution in [3.8, 4) is 0 Å². The average Bonchev–Trinajstić information content (AvgIpc) is 2.30. The molecular formula is C12H18F3N3O. The van der Waals surface area contributed by atoms with E-state index in [1.165, 1.54) is 0 Å². The summed E-state index contributed by atoms with van der Waals surface area (Å²) in [4.78, 5) is 5.24. The number of anilines is 1. The third kappa shape index (κ3) is 6.40. The first-order valence-electron chi connectivity index (χ1n) is 6.03. The number of alkyl halides is 3. The van der Waals surface area contributed by atoms with Gasteiger partial charge in [0.2, 0.25) is 0 Å². The molecule has 19 heavy (non-hydrogen) atoms. The van der Waals surface area contributed by atoms with Gasteiger partial charge in [-0.2, -0.15) is 13.2 Å². The summed E-state index contributed by atoms with van der Waals surface area (Å²) in [6.45, 7) is 1.41. The minimum Gasteiger partial charge on any atom is -0.395 e. The minimum absolute atomic E-state index is 0.0194. The van der Waals surface area contributed by atoms with Crippen molar-refractivity contribution in [3.05, 3.63) is 23.9 Å². The second-order valence-corrected chi connectivity index (χ2v) is 4.13. The van der Waals surface area contributed by atoms with Crippen molar-refractivity contribution in [1.29, 1.82) is 0 Å². The van der Waals surface area contributed by atoms with E-state index in [4.69, 9.17) is 5.11 Å². The molecule has 0 saturated heterocycles. The van der Waals surface area contributed by atoms with Crippen LogP contribution in [0.3, 0.4) is 0 Å². The van der Waals surface area contributed by atoms with Gasteiger partial charge in [-0.15, -0.1) is 0 Å². The van der Waals surface area contributed by atoms with Gasteiger partial charge in [-0.05, 0) is 18.6 Å². The van der Waals surface area contributed by atoms with E-state index in [1.807, 2.05) is 6.92 Å². The monoisotopic (exact) mass is 277 g/mol. The van der Waals surface area contributed by atoms with E-state index < -0.39 is 12.7 Å². The molecule has 1 aromatic heterocycles. The van der Waals surface area contributed by atoms with Gasteiger partial charge in [-0.25, -0.2) is 4.98 Å². The predicted octanol–water partition coefficient (Wildman–Crippen LogP) is 1.87. The summed E-state index contributed by atoms with van der Waals surface area (Å²) in [6, 6.07) is 3.45. The number of aliphatic hydroxyl groups excluding tert-OH is 1. The Morgan fingerprint density at radius 1 is 1.37 bits per heavy atom. The van der Waals surface area contributed by atoms with Crippen molar-refractivity contribution in [3.63, 3.8) is 0 Å². The van der Waals surface area contributed by atoms with Gasteiger partial charge in [0, 0.05) is 25.8 Å². The highest BCUT2D eigenvalue weighted by molar-refractivity contribution is 5.35. The maximum absolute atomic E-state index is 12.3. The Morgan fingerprint density at radius 3 is 2.58 bits per heavy atom. The Hall–Kier alpha value is -1.34. The summed E-state index contributed by atoms with van der Waals surface area (Å²) < 4.78 is 37.0. The van der Waals surface area contributed by atoms with Gasteiger partial charge in [-0.1, -0.05) is 6.07 Å². The first-order valence-corrected chi connectivity index (χ1v) is 6.03. The number of aliphatic hydroxyl groups is 1. The molecule has 4 nitrogen and oxygen atoms in total. The van der Waals surface area contributed by atoms with Crippen molar-refractivity contribution in [2.45, 2.75) is 19.6 Å².